The Hall–Kier alpha value is -1.52. The lowest BCUT2D eigenvalue weighted by Crippen LogP contribution is -2.14. The van der Waals surface area contributed by atoms with Crippen molar-refractivity contribution in [3.63, 3.8) is 0 Å². The van der Waals surface area contributed by atoms with Crippen molar-refractivity contribution in [2.75, 3.05) is 0 Å². The van der Waals surface area contributed by atoms with E-state index in [4.69, 9.17) is 7.10 Å². The Morgan fingerprint density at radius 1 is 1.50 bits per heavy atom. The predicted molar refractivity (Wildman–Crippen MR) is 44.3 cm³/mol. The van der Waals surface area contributed by atoms with E-state index in [1.54, 1.807) is 0 Å². The van der Waals surface area contributed by atoms with E-state index in [0.717, 1.165) is 12.1 Å². The van der Waals surface area contributed by atoms with Crippen molar-refractivity contribution >= 4 is 5.91 Å². The van der Waals surface area contributed by atoms with Gasteiger partial charge in [0, 0.05) is 0 Å². The highest BCUT2D eigenvalue weighted by Crippen LogP contribution is 2.29. The third-order valence-electron chi connectivity index (χ3n) is 1.53. The number of hydrogen-bond acceptors (Lipinski definition) is 1. The molecule has 2 nitrogen and oxygen atoms in total. The Kier molecular flexibility index (Phi) is 2.39. The minimum Gasteiger partial charge on any atom is -0.369 e. The average Bonchev–Trinajstić information content (AvgIpc) is 2.05. The molecule has 0 saturated heterocycles. The molecule has 0 aliphatic carbocycles. The summed E-state index contributed by atoms with van der Waals surface area (Å²) < 4.78 is 44.3. The number of halogens is 3. The van der Waals surface area contributed by atoms with Gasteiger partial charge in [0.2, 0.25) is 5.91 Å². The van der Waals surface area contributed by atoms with Crippen LogP contribution in [0.15, 0.2) is 24.2 Å². The summed E-state index contributed by atoms with van der Waals surface area (Å²) in [5.41, 5.74) is 3.78. The number of carbonyl (C=O) groups excluding carboxylic acids is 1. The molecular formula is C9H8F3NO. The molecule has 1 amide bonds. The standard InChI is InChI=1S/C9H8F3NO/c10-9(11,12)7-3-1-2-6(4-7)5-8(13)14/h1-4H,5H2,(H2,13,14)/i4D. The molecule has 0 radical (unpaired) electrons. The van der Waals surface area contributed by atoms with Gasteiger partial charge in [0.1, 0.15) is 0 Å². The molecule has 0 aliphatic rings. The molecule has 1 aromatic rings. The number of nitrogens with two attached hydrogens (primary N) is 1. The monoisotopic (exact) mass is 204 g/mol. The molecule has 0 fully saturated rings. The fourth-order valence-corrected chi connectivity index (χ4v) is 0.973. The van der Waals surface area contributed by atoms with E-state index in [2.05, 4.69) is 0 Å². The first-order chi connectivity index (χ1) is 6.82. The molecule has 0 bridgehead atoms. The van der Waals surface area contributed by atoms with Gasteiger partial charge >= 0.3 is 6.18 Å². The Morgan fingerprint density at radius 2 is 2.14 bits per heavy atom. The minimum atomic E-state index is -4.58. The third-order valence-corrected chi connectivity index (χ3v) is 1.53. The lowest BCUT2D eigenvalue weighted by atomic mass is 10.1. The van der Waals surface area contributed by atoms with Gasteiger partial charge in [-0.25, -0.2) is 0 Å². The van der Waals surface area contributed by atoms with E-state index in [9.17, 15) is 18.0 Å². The lowest BCUT2D eigenvalue weighted by Gasteiger charge is -2.07. The highest BCUT2D eigenvalue weighted by atomic mass is 19.4. The van der Waals surface area contributed by atoms with Gasteiger partial charge in [-0.2, -0.15) is 13.2 Å². The van der Waals surface area contributed by atoms with E-state index in [-0.39, 0.29) is 12.0 Å². The summed E-state index contributed by atoms with van der Waals surface area (Å²) in [6, 6.07) is 2.54. The smallest absolute Gasteiger partial charge is 0.369 e. The molecule has 1 rings (SSSR count). The molecule has 5 heteroatoms. The molecule has 76 valence electrons. The minimum absolute atomic E-state index is 0.0164. The molecule has 14 heavy (non-hydrogen) atoms. The predicted octanol–water partition coefficient (Wildman–Crippen LogP) is 1.73. The topological polar surface area (TPSA) is 43.1 Å². The number of alkyl halides is 3. The van der Waals surface area contributed by atoms with Crippen molar-refractivity contribution in [1.29, 1.82) is 0 Å². The second-order valence-corrected chi connectivity index (χ2v) is 2.73. The van der Waals surface area contributed by atoms with Gasteiger partial charge in [0.05, 0.1) is 13.4 Å². The molecule has 0 spiro atoms. The maximum Gasteiger partial charge on any atom is 0.416 e. The van der Waals surface area contributed by atoms with Gasteiger partial charge in [-0.05, 0) is 11.6 Å². The SMILES string of the molecule is [2H]c1c(CC(N)=O)cccc1C(F)(F)F. The average molecular weight is 204 g/mol. The fourth-order valence-electron chi connectivity index (χ4n) is 0.973. The Balaban J connectivity index is 3.17. The number of primary amides is 1. The van der Waals surface area contributed by atoms with Crippen LogP contribution in [0.3, 0.4) is 0 Å². The van der Waals surface area contributed by atoms with Crippen LogP contribution >= 0.6 is 0 Å². The Bertz CT molecular complexity index is 389. The Morgan fingerprint density at radius 3 is 2.64 bits per heavy atom. The maximum absolute atomic E-state index is 12.3. The summed E-state index contributed by atoms with van der Waals surface area (Å²) in [5.74, 6) is -0.761. The number of benzene rings is 1. The van der Waals surface area contributed by atoms with Crippen LogP contribution < -0.4 is 5.73 Å². The first kappa shape index (κ1) is 9.05. The van der Waals surface area contributed by atoms with Gasteiger partial charge in [-0.3, -0.25) is 4.79 Å². The molecule has 0 aromatic heterocycles. The summed E-state index contributed by atoms with van der Waals surface area (Å²) in [4.78, 5) is 10.5. The summed E-state index contributed by atoms with van der Waals surface area (Å²) >= 11 is 0. The van der Waals surface area contributed by atoms with Gasteiger partial charge in [0.15, 0.2) is 0 Å². The maximum atomic E-state index is 12.3. The van der Waals surface area contributed by atoms with Crippen LogP contribution in [0.5, 0.6) is 0 Å². The molecule has 0 aliphatic heterocycles. The summed E-state index contributed by atoms with van der Waals surface area (Å²) in [6.07, 6.45) is -4.94. The first-order valence-corrected chi connectivity index (χ1v) is 3.76. The van der Waals surface area contributed by atoms with Crippen molar-refractivity contribution in [3.05, 3.63) is 35.4 Å². The number of hydrogen-bond donors (Lipinski definition) is 1. The van der Waals surface area contributed by atoms with Crippen LogP contribution in [0.2, 0.25) is 0 Å². The second-order valence-electron chi connectivity index (χ2n) is 2.73. The number of carbonyl (C=O) groups is 1. The zero-order chi connectivity index (χ0) is 11.6. The van der Waals surface area contributed by atoms with E-state index < -0.39 is 23.7 Å². The van der Waals surface area contributed by atoms with Crippen molar-refractivity contribution in [3.8, 4) is 0 Å². The van der Waals surface area contributed by atoms with Crippen LogP contribution in [0, 0.1) is 0 Å². The summed E-state index contributed by atoms with van der Waals surface area (Å²) in [5, 5.41) is 0. The molecule has 0 saturated carbocycles. The van der Waals surface area contributed by atoms with E-state index in [0.29, 0.717) is 0 Å². The van der Waals surface area contributed by atoms with E-state index >= 15 is 0 Å². The van der Waals surface area contributed by atoms with E-state index in [1.807, 2.05) is 0 Å². The van der Waals surface area contributed by atoms with Crippen molar-refractivity contribution in [2.45, 2.75) is 12.6 Å². The van der Waals surface area contributed by atoms with Crippen molar-refractivity contribution in [2.24, 2.45) is 5.73 Å². The van der Waals surface area contributed by atoms with Gasteiger partial charge in [-0.1, -0.05) is 18.2 Å². The molecular weight excluding hydrogens is 195 g/mol. The first-order valence-electron chi connectivity index (χ1n) is 4.26. The zero-order valence-electron chi connectivity index (χ0n) is 8.06. The van der Waals surface area contributed by atoms with Crippen LogP contribution in [0.4, 0.5) is 13.2 Å². The van der Waals surface area contributed by atoms with Crippen LogP contribution in [0.25, 0.3) is 0 Å². The van der Waals surface area contributed by atoms with Crippen LogP contribution in [-0.2, 0) is 17.4 Å². The normalized spacial score (nSPS) is 12.4. The molecule has 1 aromatic carbocycles. The van der Waals surface area contributed by atoms with Gasteiger partial charge in [-0.15, -0.1) is 0 Å². The van der Waals surface area contributed by atoms with Crippen molar-refractivity contribution < 1.29 is 19.3 Å². The number of rotatable bonds is 2. The van der Waals surface area contributed by atoms with Gasteiger partial charge < -0.3 is 5.73 Å². The molecule has 0 atom stereocenters. The fraction of sp³-hybridized carbons (Fsp3) is 0.222. The molecule has 2 N–H and O–H groups in total. The lowest BCUT2D eigenvalue weighted by molar-refractivity contribution is -0.137. The van der Waals surface area contributed by atoms with Gasteiger partial charge in [0.25, 0.3) is 0 Å². The third kappa shape index (κ3) is 2.76. The quantitative estimate of drug-likeness (QED) is 0.783. The zero-order valence-corrected chi connectivity index (χ0v) is 7.06. The summed E-state index contributed by atoms with van der Waals surface area (Å²) in [7, 11) is 0. The summed E-state index contributed by atoms with van der Waals surface area (Å²) in [6.45, 7) is 0. The largest absolute Gasteiger partial charge is 0.416 e. The molecule has 0 unspecified atom stereocenters. The molecule has 0 heterocycles. The second kappa shape index (κ2) is 3.69. The Labute approximate surface area is 79.9 Å². The van der Waals surface area contributed by atoms with E-state index in [1.165, 1.54) is 6.07 Å². The highest BCUT2D eigenvalue weighted by molar-refractivity contribution is 5.76. The van der Waals surface area contributed by atoms with Crippen LogP contribution in [-0.4, -0.2) is 5.91 Å². The number of amides is 1. The van der Waals surface area contributed by atoms with Crippen molar-refractivity contribution in [1.82, 2.24) is 0 Å². The highest BCUT2D eigenvalue weighted by Gasteiger charge is 2.30. The van der Waals surface area contributed by atoms with Crippen LogP contribution in [0.1, 0.15) is 12.5 Å².